The molecule has 0 fully saturated rings. The number of nitrogen functional groups attached to an aromatic ring is 1. The molecule has 0 spiro atoms. The summed E-state index contributed by atoms with van der Waals surface area (Å²) in [4.78, 5) is 0. The Morgan fingerprint density at radius 1 is 1.29 bits per heavy atom. The topological polar surface area (TPSA) is 43.8 Å². The molecule has 0 aliphatic heterocycles. The summed E-state index contributed by atoms with van der Waals surface area (Å²) < 4.78 is 2.88. The zero-order valence-electron chi connectivity index (χ0n) is 10.2. The van der Waals surface area contributed by atoms with Gasteiger partial charge in [0.25, 0.3) is 0 Å². The predicted octanol–water partition coefficient (Wildman–Crippen LogP) is 3.65. The minimum atomic E-state index is 0.384. The molecule has 0 saturated heterocycles. The van der Waals surface area contributed by atoms with Crippen molar-refractivity contribution in [3.8, 4) is 5.69 Å². The molecule has 1 heterocycles. The zero-order valence-corrected chi connectivity index (χ0v) is 11.8. The molecule has 0 atom stereocenters. The normalized spacial score (nSPS) is 11.1. The van der Waals surface area contributed by atoms with Crippen LogP contribution in [0.1, 0.15) is 31.0 Å². The number of nitrogens with two attached hydrogens (primary N) is 1. The second kappa shape index (κ2) is 4.53. The average Bonchev–Trinajstić information content (AvgIpc) is 2.65. The van der Waals surface area contributed by atoms with Crippen LogP contribution < -0.4 is 5.73 Å². The van der Waals surface area contributed by atoms with Gasteiger partial charge < -0.3 is 5.73 Å². The number of aryl methyl sites for hydroxylation is 1. The number of halogens is 1. The third-order valence-corrected chi connectivity index (χ3v) is 3.62. The van der Waals surface area contributed by atoms with Crippen molar-refractivity contribution in [2.75, 3.05) is 5.73 Å². The molecule has 1 aromatic heterocycles. The van der Waals surface area contributed by atoms with E-state index in [1.807, 2.05) is 18.2 Å². The van der Waals surface area contributed by atoms with E-state index in [-0.39, 0.29) is 0 Å². The maximum atomic E-state index is 5.99. The molecule has 4 heteroatoms. The van der Waals surface area contributed by atoms with Crippen molar-refractivity contribution in [3.63, 3.8) is 0 Å². The first kappa shape index (κ1) is 12.2. The maximum Gasteiger partial charge on any atom is 0.127 e. The lowest BCUT2D eigenvalue weighted by Gasteiger charge is -2.06. The summed E-state index contributed by atoms with van der Waals surface area (Å²) in [6, 6.07) is 8.02. The van der Waals surface area contributed by atoms with E-state index >= 15 is 0 Å². The molecule has 0 saturated carbocycles. The van der Waals surface area contributed by atoms with Gasteiger partial charge in [-0.25, -0.2) is 4.68 Å². The van der Waals surface area contributed by atoms with E-state index in [9.17, 15) is 0 Å². The monoisotopic (exact) mass is 293 g/mol. The molecule has 1 aromatic carbocycles. The van der Waals surface area contributed by atoms with E-state index in [0.29, 0.717) is 11.7 Å². The highest BCUT2D eigenvalue weighted by Crippen LogP contribution is 2.23. The van der Waals surface area contributed by atoms with E-state index in [1.54, 1.807) is 4.68 Å². The summed E-state index contributed by atoms with van der Waals surface area (Å²) in [5.74, 6) is 1.06. The number of anilines is 1. The van der Waals surface area contributed by atoms with Crippen molar-refractivity contribution in [1.29, 1.82) is 0 Å². The van der Waals surface area contributed by atoms with Crippen LogP contribution in [0.4, 0.5) is 5.82 Å². The van der Waals surface area contributed by atoms with Crippen molar-refractivity contribution in [2.24, 2.45) is 0 Å². The van der Waals surface area contributed by atoms with Crippen molar-refractivity contribution in [1.82, 2.24) is 9.78 Å². The van der Waals surface area contributed by atoms with Crippen molar-refractivity contribution >= 4 is 21.7 Å². The predicted molar refractivity (Wildman–Crippen MR) is 74.5 cm³/mol. The minimum Gasteiger partial charge on any atom is -0.384 e. The number of rotatable bonds is 2. The lowest BCUT2D eigenvalue weighted by molar-refractivity contribution is 0.771. The van der Waals surface area contributed by atoms with E-state index in [2.05, 4.69) is 47.9 Å². The molecule has 17 heavy (non-hydrogen) atoms. The average molecular weight is 294 g/mol. The van der Waals surface area contributed by atoms with Gasteiger partial charge >= 0.3 is 0 Å². The van der Waals surface area contributed by atoms with E-state index in [4.69, 9.17) is 5.73 Å². The summed E-state index contributed by atoms with van der Waals surface area (Å²) in [6.45, 7) is 6.27. The molecule has 0 radical (unpaired) electrons. The first-order valence-corrected chi connectivity index (χ1v) is 6.40. The van der Waals surface area contributed by atoms with E-state index < -0.39 is 0 Å². The summed E-state index contributed by atoms with van der Waals surface area (Å²) in [5.41, 5.74) is 9.17. The summed E-state index contributed by atoms with van der Waals surface area (Å²) in [5, 5.41) is 4.53. The Morgan fingerprint density at radius 3 is 2.53 bits per heavy atom. The van der Waals surface area contributed by atoms with Crippen molar-refractivity contribution < 1.29 is 0 Å². The second-order valence-electron chi connectivity index (χ2n) is 4.49. The van der Waals surface area contributed by atoms with Crippen LogP contribution >= 0.6 is 15.9 Å². The second-order valence-corrected chi connectivity index (χ2v) is 5.35. The fourth-order valence-electron chi connectivity index (χ4n) is 1.66. The fourth-order valence-corrected chi connectivity index (χ4v) is 1.91. The zero-order chi connectivity index (χ0) is 12.6. The minimum absolute atomic E-state index is 0.384. The van der Waals surface area contributed by atoms with Crippen LogP contribution in [0.25, 0.3) is 5.69 Å². The molecular weight excluding hydrogens is 278 g/mol. The van der Waals surface area contributed by atoms with Gasteiger partial charge in [0.1, 0.15) is 5.82 Å². The van der Waals surface area contributed by atoms with Gasteiger partial charge in [-0.3, -0.25) is 0 Å². The first-order valence-electron chi connectivity index (χ1n) is 5.61. The molecule has 0 aliphatic rings. The molecule has 3 nitrogen and oxygen atoms in total. The van der Waals surface area contributed by atoms with E-state index in [1.165, 1.54) is 5.56 Å². The van der Waals surface area contributed by atoms with Gasteiger partial charge in [0, 0.05) is 10.5 Å². The van der Waals surface area contributed by atoms with Gasteiger partial charge in [0.05, 0.1) is 11.4 Å². The highest BCUT2D eigenvalue weighted by Gasteiger charge is 2.10. The number of aromatic nitrogens is 2. The van der Waals surface area contributed by atoms with Crippen molar-refractivity contribution in [2.45, 2.75) is 26.7 Å². The third-order valence-electron chi connectivity index (χ3n) is 2.73. The van der Waals surface area contributed by atoms with Gasteiger partial charge in [0.2, 0.25) is 0 Å². The van der Waals surface area contributed by atoms with Gasteiger partial charge in [-0.15, -0.1) is 0 Å². The van der Waals surface area contributed by atoms with Gasteiger partial charge in [0.15, 0.2) is 0 Å². The molecule has 0 amide bonds. The lowest BCUT2D eigenvalue weighted by Crippen LogP contribution is -2.02. The Balaban J connectivity index is 2.49. The number of nitrogens with zero attached hydrogens (tertiary/aromatic N) is 2. The molecule has 0 bridgehead atoms. The van der Waals surface area contributed by atoms with Crippen LogP contribution in [0.15, 0.2) is 28.7 Å². The largest absolute Gasteiger partial charge is 0.384 e. The Labute approximate surface area is 110 Å². The first-order chi connectivity index (χ1) is 7.99. The molecule has 0 unspecified atom stereocenters. The quantitative estimate of drug-likeness (QED) is 0.918. The molecule has 2 aromatic rings. The SMILES string of the molecule is Cc1cc(-n2nc(C(C)C)cc2N)ccc1Br. The van der Waals surface area contributed by atoms with Crippen LogP contribution in [0.3, 0.4) is 0 Å². The Kier molecular flexibility index (Phi) is 3.24. The lowest BCUT2D eigenvalue weighted by atomic mass is 10.1. The number of hydrogen-bond donors (Lipinski definition) is 1. The highest BCUT2D eigenvalue weighted by atomic mass is 79.9. The standard InChI is InChI=1S/C13H16BrN3/c1-8(2)12-7-13(15)17(16-12)10-4-5-11(14)9(3)6-10/h4-8H,15H2,1-3H3. The molecule has 2 rings (SSSR count). The van der Waals surface area contributed by atoms with Crippen LogP contribution in [-0.2, 0) is 0 Å². The van der Waals surface area contributed by atoms with E-state index in [0.717, 1.165) is 15.9 Å². The van der Waals surface area contributed by atoms with Crippen LogP contribution in [0.2, 0.25) is 0 Å². The fraction of sp³-hybridized carbons (Fsp3) is 0.308. The molecular formula is C13H16BrN3. The summed E-state index contributed by atoms with van der Waals surface area (Å²) in [7, 11) is 0. The third kappa shape index (κ3) is 2.36. The maximum absolute atomic E-state index is 5.99. The summed E-state index contributed by atoms with van der Waals surface area (Å²) in [6.07, 6.45) is 0. The Hall–Kier alpha value is -1.29. The highest BCUT2D eigenvalue weighted by molar-refractivity contribution is 9.10. The number of benzene rings is 1. The van der Waals surface area contributed by atoms with Crippen molar-refractivity contribution in [3.05, 3.63) is 40.0 Å². The Bertz CT molecular complexity index is 544. The van der Waals surface area contributed by atoms with Gasteiger partial charge in [-0.05, 0) is 36.6 Å². The van der Waals surface area contributed by atoms with Crippen LogP contribution in [0.5, 0.6) is 0 Å². The van der Waals surface area contributed by atoms with Gasteiger partial charge in [-0.1, -0.05) is 29.8 Å². The van der Waals surface area contributed by atoms with Gasteiger partial charge in [-0.2, -0.15) is 5.10 Å². The Morgan fingerprint density at radius 2 is 2.00 bits per heavy atom. The number of hydrogen-bond acceptors (Lipinski definition) is 2. The molecule has 2 N–H and O–H groups in total. The summed E-state index contributed by atoms with van der Waals surface area (Å²) >= 11 is 3.49. The molecule has 90 valence electrons. The van der Waals surface area contributed by atoms with Crippen LogP contribution in [-0.4, -0.2) is 9.78 Å². The van der Waals surface area contributed by atoms with Crippen LogP contribution in [0, 0.1) is 6.92 Å². The molecule has 0 aliphatic carbocycles. The smallest absolute Gasteiger partial charge is 0.127 e.